The van der Waals surface area contributed by atoms with Crippen molar-refractivity contribution in [3.8, 4) is 5.69 Å². The Kier molecular flexibility index (Phi) is 7.89. The second kappa shape index (κ2) is 11.3. The molecule has 0 saturated heterocycles. The van der Waals surface area contributed by atoms with Gasteiger partial charge in [-0.15, -0.1) is 11.3 Å². The third kappa shape index (κ3) is 5.65. The van der Waals surface area contributed by atoms with Crippen molar-refractivity contribution in [2.24, 2.45) is 0 Å². The minimum Gasteiger partial charge on any atom is -0.465 e. The van der Waals surface area contributed by atoms with E-state index in [4.69, 9.17) is 9.26 Å². The molecule has 1 atom stereocenters. The van der Waals surface area contributed by atoms with Gasteiger partial charge >= 0.3 is 16.6 Å². The molecular weight excluding hydrogens is 516 g/mol. The number of nitrogens with one attached hydrogen (secondary N) is 3. The lowest BCUT2D eigenvalue weighted by Crippen LogP contribution is -2.37. The number of thiophene rings is 1. The number of carbonyl (C=O) groups excluding carboxylic acids is 3. The van der Waals surface area contributed by atoms with Gasteiger partial charge in [-0.05, 0) is 53.3 Å². The quantitative estimate of drug-likeness (QED) is 0.176. The van der Waals surface area contributed by atoms with Gasteiger partial charge in [0.05, 0.1) is 22.8 Å². The Morgan fingerprint density at radius 3 is 2.35 bits per heavy atom. The fourth-order valence-electron chi connectivity index (χ4n) is 3.42. The van der Waals surface area contributed by atoms with Gasteiger partial charge in [0.1, 0.15) is 5.00 Å². The van der Waals surface area contributed by atoms with Crippen LogP contribution in [0.4, 0.5) is 10.7 Å². The van der Waals surface area contributed by atoms with Gasteiger partial charge in [-0.2, -0.15) is 0 Å². The van der Waals surface area contributed by atoms with Crippen molar-refractivity contribution >= 4 is 51.6 Å². The van der Waals surface area contributed by atoms with Gasteiger partial charge in [-0.25, -0.2) is 9.59 Å². The molecule has 12 heteroatoms. The Balaban J connectivity index is 1.57. The number of aromatic amines is 1. The molecule has 10 nitrogen and oxygen atoms in total. The lowest BCUT2D eigenvalue weighted by molar-refractivity contribution is -0.704. The smallest absolute Gasteiger partial charge is 0.442 e. The number of methoxy groups -OCH3 is 1. The molecule has 190 valence electrons. The number of thioether (sulfide) groups is 1. The summed E-state index contributed by atoms with van der Waals surface area (Å²) >= 11 is 1.96. The second-order valence-corrected chi connectivity index (χ2v) is 10.1. The highest BCUT2D eigenvalue weighted by molar-refractivity contribution is 8.00. The van der Waals surface area contributed by atoms with Gasteiger partial charge in [-0.3, -0.25) is 14.1 Å². The highest BCUT2D eigenvalue weighted by Crippen LogP contribution is 2.35. The standard InChI is InChI=1S/C25H22N4O6S2/c1-14-18(24(32)34-3)22(37-19(14)21(31)26-16-10-6-4-7-11-16)27-20(30)15(2)36-23-25(33)35-28-29(23)17-12-8-5-9-13-17/h4-13,15H,1-3H3,(H2-,26,27,28,30,31,32,33)/p+1. The van der Waals surface area contributed by atoms with Crippen LogP contribution in [0.3, 0.4) is 0 Å². The van der Waals surface area contributed by atoms with E-state index in [9.17, 15) is 19.2 Å². The van der Waals surface area contributed by atoms with Crippen LogP contribution in [0.1, 0.15) is 32.5 Å². The summed E-state index contributed by atoms with van der Waals surface area (Å²) < 4.78 is 11.3. The average Bonchev–Trinajstić information content (AvgIpc) is 3.43. The molecule has 0 spiro atoms. The Morgan fingerprint density at radius 2 is 1.70 bits per heavy atom. The van der Waals surface area contributed by atoms with Crippen LogP contribution in [0.25, 0.3) is 5.69 Å². The van der Waals surface area contributed by atoms with E-state index in [1.807, 2.05) is 12.1 Å². The molecule has 0 aliphatic heterocycles. The van der Waals surface area contributed by atoms with E-state index in [0.29, 0.717) is 16.9 Å². The highest BCUT2D eigenvalue weighted by Gasteiger charge is 2.31. The van der Waals surface area contributed by atoms with Crippen molar-refractivity contribution in [3.63, 3.8) is 0 Å². The first-order chi connectivity index (χ1) is 17.8. The van der Waals surface area contributed by atoms with Crippen molar-refractivity contribution in [1.29, 1.82) is 0 Å². The molecule has 37 heavy (non-hydrogen) atoms. The maximum atomic E-state index is 13.1. The van der Waals surface area contributed by atoms with Crippen LogP contribution in [0.5, 0.6) is 0 Å². The molecule has 0 bridgehead atoms. The molecule has 1 unspecified atom stereocenters. The number of esters is 1. The van der Waals surface area contributed by atoms with Crippen LogP contribution < -0.4 is 20.9 Å². The number of ether oxygens (including phenoxy) is 1. The number of para-hydroxylation sites is 2. The summed E-state index contributed by atoms with van der Waals surface area (Å²) in [5.41, 5.74) is 1.09. The Hall–Kier alpha value is -4.16. The van der Waals surface area contributed by atoms with Crippen molar-refractivity contribution < 1.29 is 28.3 Å². The SMILES string of the molecule is COC(=O)c1c(NC(=O)C(C)Sc2c(=O)o[nH][n+]2-c2ccccc2)sc(C(=O)Nc2ccccc2)c1C. The molecule has 3 N–H and O–H groups in total. The molecule has 0 saturated carbocycles. The lowest BCUT2D eigenvalue weighted by Gasteiger charge is -2.09. The number of benzene rings is 2. The van der Waals surface area contributed by atoms with E-state index >= 15 is 0 Å². The summed E-state index contributed by atoms with van der Waals surface area (Å²) in [7, 11) is 1.22. The summed E-state index contributed by atoms with van der Waals surface area (Å²) in [5, 5.41) is 7.63. The van der Waals surface area contributed by atoms with E-state index < -0.39 is 28.7 Å². The highest BCUT2D eigenvalue weighted by atomic mass is 32.2. The van der Waals surface area contributed by atoms with Gasteiger partial charge in [0.25, 0.3) is 5.91 Å². The molecule has 0 aliphatic carbocycles. The molecule has 2 aromatic heterocycles. The first-order valence-corrected chi connectivity index (χ1v) is 12.7. The number of nitrogens with zero attached hydrogens (tertiary/aromatic N) is 1. The van der Waals surface area contributed by atoms with Crippen molar-refractivity contribution in [1.82, 2.24) is 5.27 Å². The molecule has 2 amide bonds. The first-order valence-electron chi connectivity index (χ1n) is 11.0. The summed E-state index contributed by atoms with van der Waals surface area (Å²) in [6.45, 7) is 3.23. The topological polar surface area (TPSA) is 134 Å². The lowest BCUT2D eigenvalue weighted by atomic mass is 10.1. The van der Waals surface area contributed by atoms with Crippen molar-refractivity contribution in [3.05, 3.63) is 87.1 Å². The van der Waals surface area contributed by atoms with Crippen LogP contribution in [0.2, 0.25) is 0 Å². The molecule has 0 fully saturated rings. The number of aromatic nitrogens is 2. The van der Waals surface area contributed by atoms with Crippen LogP contribution >= 0.6 is 23.1 Å². The number of hydrogen-bond donors (Lipinski definition) is 3. The second-order valence-electron chi connectivity index (χ2n) is 7.78. The summed E-state index contributed by atoms with van der Waals surface area (Å²) in [4.78, 5) is 51.1. The summed E-state index contributed by atoms with van der Waals surface area (Å²) in [5.74, 6) is -1.58. The molecule has 0 radical (unpaired) electrons. The molecule has 0 aliphatic rings. The minimum absolute atomic E-state index is 0.0942. The number of rotatable bonds is 8. The third-order valence-corrected chi connectivity index (χ3v) is 7.64. The Bertz CT molecular complexity index is 1490. The summed E-state index contributed by atoms with van der Waals surface area (Å²) in [6, 6.07) is 17.9. The van der Waals surface area contributed by atoms with E-state index in [1.165, 1.54) is 11.8 Å². The molecule has 4 rings (SSSR count). The van der Waals surface area contributed by atoms with Crippen LogP contribution in [0.15, 0.2) is 75.0 Å². The maximum Gasteiger partial charge on any atom is 0.442 e. The predicted octanol–water partition coefficient (Wildman–Crippen LogP) is 3.77. The number of H-pyrrole nitrogens is 1. The van der Waals surface area contributed by atoms with Crippen LogP contribution in [0, 0.1) is 6.92 Å². The molecular formula is C25H23N4O6S2+. The van der Waals surface area contributed by atoms with E-state index in [0.717, 1.165) is 23.1 Å². The van der Waals surface area contributed by atoms with Gasteiger partial charge < -0.3 is 15.4 Å². The zero-order chi connectivity index (χ0) is 26.5. The average molecular weight is 540 g/mol. The maximum absolute atomic E-state index is 13.1. The summed E-state index contributed by atoms with van der Waals surface area (Å²) in [6.07, 6.45) is 0. The largest absolute Gasteiger partial charge is 0.465 e. The van der Waals surface area contributed by atoms with E-state index in [1.54, 1.807) is 62.4 Å². The van der Waals surface area contributed by atoms with Gasteiger partial charge in [0, 0.05) is 17.8 Å². The molecule has 2 aromatic carbocycles. The number of hydrogen-bond acceptors (Lipinski definition) is 8. The van der Waals surface area contributed by atoms with Gasteiger partial charge in [0.15, 0.2) is 0 Å². The first kappa shape index (κ1) is 25.9. The fourth-order valence-corrected chi connectivity index (χ4v) is 5.40. The zero-order valence-corrected chi connectivity index (χ0v) is 21.7. The normalized spacial score (nSPS) is 11.5. The number of amides is 2. The van der Waals surface area contributed by atoms with E-state index in [-0.39, 0.29) is 20.5 Å². The Morgan fingerprint density at radius 1 is 1.05 bits per heavy atom. The number of anilines is 2. The van der Waals surface area contributed by atoms with Crippen LogP contribution in [-0.4, -0.2) is 35.4 Å². The monoisotopic (exact) mass is 539 g/mol. The van der Waals surface area contributed by atoms with Gasteiger partial charge in [0.2, 0.25) is 11.6 Å². The third-order valence-electron chi connectivity index (χ3n) is 5.29. The van der Waals surface area contributed by atoms with Gasteiger partial charge in [-0.1, -0.05) is 36.4 Å². The Labute approximate surface area is 219 Å². The fraction of sp³-hybridized carbons (Fsp3) is 0.160. The van der Waals surface area contributed by atoms with E-state index in [2.05, 4.69) is 15.9 Å². The minimum atomic E-state index is -0.761. The van der Waals surface area contributed by atoms with Crippen molar-refractivity contribution in [2.45, 2.75) is 24.1 Å². The number of carbonyl (C=O) groups is 3. The zero-order valence-electron chi connectivity index (χ0n) is 20.1. The molecule has 4 aromatic rings. The predicted molar refractivity (Wildman–Crippen MR) is 140 cm³/mol. The molecule has 2 heterocycles. The van der Waals surface area contributed by atoms with Crippen molar-refractivity contribution in [2.75, 3.05) is 17.7 Å². The van der Waals surface area contributed by atoms with Crippen LogP contribution in [-0.2, 0) is 9.53 Å².